The third kappa shape index (κ3) is 12.9. The van der Waals surface area contributed by atoms with E-state index in [2.05, 4.69) is 11.9 Å². The zero-order valence-corrected chi connectivity index (χ0v) is 30.9. The van der Waals surface area contributed by atoms with Crippen molar-refractivity contribution in [3.05, 3.63) is 156 Å². The predicted molar refractivity (Wildman–Crippen MR) is 203 cm³/mol. The van der Waals surface area contributed by atoms with Crippen molar-refractivity contribution in [1.82, 2.24) is 5.32 Å². The lowest BCUT2D eigenvalue weighted by atomic mass is 9.89. The highest BCUT2D eigenvalue weighted by Crippen LogP contribution is 2.33. The average molecular weight is 726 g/mol. The van der Waals surface area contributed by atoms with E-state index >= 15 is 4.39 Å². The van der Waals surface area contributed by atoms with Crippen LogP contribution in [0.3, 0.4) is 0 Å². The second-order valence-corrected chi connectivity index (χ2v) is 14.2. The minimum absolute atomic E-state index is 0.0255. The predicted octanol–water partition coefficient (Wildman–Crippen LogP) is 8.53. The number of alkyl carbamates (subject to hydrolysis) is 1. The number of nitrogens with one attached hydrogen (secondary N) is 1. The first-order valence-corrected chi connectivity index (χ1v) is 18.2. The van der Waals surface area contributed by atoms with Crippen LogP contribution in [0.2, 0.25) is 0 Å². The molecule has 4 aromatic carbocycles. The first-order chi connectivity index (χ1) is 25.7. The summed E-state index contributed by atoms with van der Waals surface area (Å²) >= 11 is 0. The number of benzene rings is 4. The minimum atomic E-state index is -1.61. The van der Waals surface area contributed by atoms with Crippen LogP contribution in [-0.2, 0) is 54.8 Å². The monoisotopic (exact) mass is 725 g/mol. The van der Waals surface area contributed by atoms with Gasteiger partial charge >= 0.3 is 6.09 Å². The van der Waals surface area contributed by atoms with Gasteiger partial charge in [0.05, 0.1) is 45.2 Å². The number of alkyl halides is 1. The van der Waals surface area contributed by atoms with Crippen molar-refractivity contribution in [2.75, 3.05) is 6.61 Å². The molecule has 1 saturated heterocycles. The van der Waals surface area contributed by atoms with Gasteiger partial charge in [0.15, 0.2) is 0 Å². The minimum Gasteiger partial charge on any atom is -0.444 e. The molecule has 1 N–H and O–H groups in total. The topological polar surface area (TPSA) is 84.5 Å². The number of hydrogen-bond donors (Lipinski definition) is 1. The molecule has 0 aliphatic carbocycles. The Labute approximate surface area is 313 Å². The smallest absolute Gasteiger partial charge is 0.407 e. The van der Waals surface area contributed by atoms with Crippen LogP contribution in [0.5, 0.6) is 0 Å². The molecule has 0 unspecified atom stereocenters. The van der Waals surface area contributed by atoms with Gasteiger partial charge in [0, 0.05) is 0 Å². The fraction of sp³-hybridized carbons (Fsp3) is 0.386. The standard InChI is InChI=1S/C44H52FNO7/c1-5-36(45)37(46-43(47)53-44(2,3)4)26-38-40(49-28-33-20-12-7-13-21-33)42(51-30-35-24-16-9-17-25-35)41(50-29-34-22-14-8-15-23-34)39(52-38)31-48-27-32-18-10-6-11-19-32/h5-25,36-42H,1,26-31H2,2-4H3,(H,46,47)/t36-,37+,38-,39-,40+,41+,42-/m1/s1. The number of halogens is 1. The Morgan fingerprint density at radius 1 is 0.698 bits per heavy atom. The van der Waals surface area contributed by atoms with E-state index in [0.29, 0.717) is 6.61 Å². The van der Waals surface area contributed by atoms with E-state index < -0.39 is 54.4 Å². The molecule has 9 heteroatoms. The zero-order chi connectivity index (χ0) is 37.5. The van der Waals surface area contributed by atoms with Gasteiger partial charge in [-0.2, -0.15) is 0 Å². The van der Waals surface area contributed by atoms with Crippen molar-refractivity contribution in [3.8, 4) is 0 Å². The number of hydrogen-bond acceptors (Lipinski definition) is 7. The Kier molecular flexibility index (Phi) is 15.2. The zero-order valence-electron chi connectivity index (χ0n) is 30.9. The molecule has 4 aromatic rings. The van der Waals surface area contributed by atoms with Gasteiger partial charge in [0.1, 0.15) is 36.2 Å². The lowest BCUT2D eigenvalue weighted by molar-refractivity contribution is -0.274. The number of carbonyl (C=O) groups excluding carboxylic acids is 1. The number of ether oxygens (including phenoxy) is 6. The lowest BCUT2D eigenvalue weighted by Gasteiger charge is -2.47. The highest BCUT2D eigenvalue weighted by molar-refractivity contribution is 5.68. The first kappa shape index (κ1) is 39.8. The van der Waals surface area contributed by atoms with Crippen LogP contribution in [0, 0.1) is 0 Å². The van der Waals surface area contributed by atoms with Crippen molar-refractivity contribution < 1.29 is 37.6 Å². The SMILES string of the molecule is C=C[C@@H](F)[C@H](C[C@H]1O[C@H](COCc2ccccc2)[C@H](OCc2ccccc2)[C@H](OCc2ccccc2)[C@H]1OCc1ccccc1)NC(=O)OC(C)(C)C. The first-order valence-electron chi connectivity index (χ1n) is 18.2. The van der Waals surface area contributed by atoms with E-state index in [-0.39, 0.29) is 32.8 Å². The van der Waals surface area contributed by atoms with Crippen LogP contribution in [0.4, 0.5) is 9.18 Å². The molecule has 1 heterocycles. The van der Waals surface area contributed by atoms with Crippen LogP contribution in [0.25, 0.3) is 0 Å². The summed E-state index contributed by atoms with van der Waals surface area (Å²) in [5, 5.41) is 2.73. The number of carbonyl (C=O) groups is 1. The number of amides is 1. The van der Waals surface area contributed by atoms with Gasteiger partial charge in [-0.25, -0.2) is 9.18 Å². The van der Waals surface area contributed by atoms with Crippen LogP contribution < -0.4 is 5.32 Å². The maximum Gasteiger partial charge on any atom is 0.407 e. The Hall–Kier alpha value is -4.38. The normalized spacial score (nSPS) is 21.3. The molecule has 282 valence electrons. The summed E-state index contributed by atoms with van der Waals surface area (Å²) in [6.45, 7) is 10.2. The van der Waals surface area contributed by atoms with Crippen molar-refractivity contribution in [3.63, 3.8) is 0 Å². The summed E-state index contributed by atoms with van der Waals surface area (Å²) in [4.78, 5) is 13.0. The van der Waals surface area contributed by atoms with Crippen LogP contribution in [0.15, 0.2) is 134 Å². The molecule has 7 atom stereocenters. The van der Waals surface area contributed by atoms with E-state index in [1.165, 1.54) is 6.08 Å². The van der Waals surface area contributed by atoms with Gasteiger partial charge in [-0.3, -0.25) is 0 Å². The molecule has 53 heavy (non-hydrogen) atoms. The molecule has 1 aliphatic heterocycles. The molecular formula is C44H52FNO7. The Morgan fingerprint density at radius 3 is 1.55 bits per heavy atom. The van der Waals surface area contributed by atoms with E-state index in [0.717, 1.165) is 22.3 Å². The van der Waals surface area contributed by atoms with Gasteiger partial charge < -0.3 is 33.7 Å². The van der Waals surface area contributed by atoms with Gasteiger partial charge in [0.25, 0.3) is 0 Å². The van der Waals surface area contributed by atoms with E-state index in [1.807, 2.05) is 121 Å². The molecule has 1 amide bonds. The molecule has 0 bridgehead atoms. The van der Waals surface area contributed by atoms with Crippen molar-refractivity contribution in [1.29, 1.82) is 0 Å². The quantitative estimate of drug-likeness (QED) is 0.103. The van der Waals surface area contributed by atoms with Crippen LogP contribution >= 0.6 is 0 Å². The summed E-state index contributed by atoms with van der Waals surface area (Å²) in [6.07, 6.45) is -4.64. The van der Waals surface area contributed by atoms with E-state index in [1.54, 1.807) is 20.8 Å². The molecule has 1 fully saturated rings. The molecule has 0 saturated carbocycles. The molecule has 0 aromatic heterocycles. The van der Waals surface area contributed by atoms with Gasteiger partial charge in [-0.05, 0) is 49.4 Å². The van der Waals surface area contributed by atoms with Gasteiger partial charge in [-0.15, -0.1) is 6.58 Å². The van der Waals surface area contributed by atoms with Crippen molar-refractivity contribution in [2.45, 2.75) is 102 Å². The Bertz CT molecular complexity index is 1640. The fourth-order valence-corrected chi connectivity index (χ4v) is 6.22. The summed E-state index contributed by atoms with van der Waals surface area (Å²) in [5.41, 5.74) is 3.13. The lowest BCUT2D eigenvalue weighted by Crippen LogP contribution is -2.62. The fourth-order valence-electron chi connectivity index (χ4n) is 6.22. The largest absolute Gasteiger partial charge is 0.444 e. The second-order valence-electron chi connectivity index (χ2n) is 14.2. The van der Waals surface area contributed by atoms with Crippen molar-refractivity contribution >= 4 is 6.09 Å². The summed E-state index contributed by atoms with van der Waals surface area (Å²) in [6, 6.07) is 38.4. The maximum atomic E-state index is 15.7. The third-order valence-corrected chi connectivity index (χ3v) is 8.78. The Balaban J connectivity index is 1.50. The molecule has 0 spiro atoms. The van der Waals surface area contributed by atoms with Crippen LogP contribution in [0.1, 0.15) is 49.4 Å². The van der Waals surface area contributed by atoms with Gasteiger partial charge in [0.2, 0.25) is 0 Å². The molecular weight excluding hydrogens is 673 g/mol. The summed E-state index contributed by atoms with van der Waals surface area (Å²) < 4.78 is 54.6. The average Bonchev–Trinajstić information content (AvgIpc) is 3.16. The summed E-state index contributed by atoms with van der Waals surface area (Å²) in [5.74, 6) is 0. The molecule has 8 nitrogen and oxygen atoms in total. The highest BCUT2D eigenvalue weighted by Gasteiger charge is 2.49. The molecule has 0 radical (unpaired) electrons. The highest BCUT2D eigenvalue weighted by atomic mass is 19.1. The molecule has 5 rings (SSSR count). The van der Waals surface area contributed by atoms with Crippen LogP contribution in [-0.4, -0.2) is 61.0 Å². The van der Waals surface area contributed by atoms with Crippen molar-refractivity contribution in [2.24, 2.45) is 0 Å². The number of rotatable bonds is 18. The third-order valence-electron chi connectivity index (χ3n) is 8.78. The maximum absolute atomic E-state index is 15.7. The molecule has 1 aliphatic rings. The van der Waals surface area contributed by atoms with E-state index in [9.17, 15) is 4.79 Å². The second kappa shape index (κ2) is 20.2. The summed E-state index contributed by atoms with van der Waals surface area (Å²) in [7, 11) is 0. The van der Waals surface area contributed by atoms with Gasteiger partial charge in [-0.1, -0.05) is 127 Å². The Morgan fingerprint density at radius 2 is 1.11 bits per heavy atom. The van der Waals surface area contributed by atoms with E-state index in [4.69, 9.17) is 28.4 Å².